The molecule has 0 aliphatic heterocycles. The van der Waals surface area contributed by atoms with Crippen LogP contribution >= 0.6 is 0 Å². The van der Waals surface area contributed by atoms with Gasteiger partial charge < -0.3 is 0 Å². The van der Waals surface area contributed by atoms with Gasteiger partial charge in [-0.2, -0.15) is 0 Å². The summed E-state index contributed by atoms with van der Waals surface area (Å²) in [5.41, 5.74) is 5.86. The van der Waals surface area contributed by atoms with Crippen LogP contribution in [0.4, 0.5) is 0 Å². The Labute approximate surface area is 192 Å². The van der Waals surface area contributed by atoms with E-state index in [9.17, 15) is 0 Å². The first kappa shape index (κ1) is 24.0. The number of aryl methyl sites for hydroxylation is 1. The zero-order chi connectivity index (χ0) is 21.9. The number of rotatable bonds is 12. The van der Waals surface area contributed by atoms with Crippen molar-refractivity contribution < 1.29 is 0 Å². The lowest BCUT2D eigenvalue weighted by molar-refractivity contribution is 0.239. The van der Waals surface area contributed by atoms with E-state index >= 15 is 0 Å². The van der Waals surface area contributed by atoms with Crippen molar-refractivity contribution in [2.75, 3.05) is 0 Å². The molecule has 2 aromatic rings. The molecule has 170 valence electrons. The lowest BCUT2D eigenvalue weighted by atomic mass is 9.72. The molecule has 1 aliphatic carbocycles. The van der Waals surface area contributed by atoms with Gasteiger partial charge in [0.2, 0.25) is 0 Å². The highest BCUT2D eigenvalue weighted by atomic mass is 14.6. The maximum atomic E-state index is 4.56. The number of hydrogen-bond donors (Lipinski definition) is 0. The third-order valence-electron chi connectivity index (χ3n) is 7.75. The van der Waals surface area contributed by atoms with Crippen LogP contribution in [0.5, 0.6) is 0 Å². The number of hydrogen-bond acceptors (Lipinski definition) is 1. The average Bonchev–Trinajstić information content (AvgIpc) is 2.82. The van der Waals surface area contributed by atoms with Gasteiger partial charge in [-0.15, -0.1) is 0 Å². The molecule has 0 amide bonds. The summed E-state index contributed by atoms with van der Waals surface area (Å²) in [6.07, 6.45) is 21.9. The second-order valence-electron chi connectivity index (χ2n) is 10.00. The predicted octanol–water partition coefficient (Wildman–Crippen LogP) is 9.36. The minimum Gasteiger partial charge on any atom is -0.264 e. The van der Waals surface area contributed by atoms with Gasteiger partial charge in [-0.05, 0) is 71.8 Å². The molecule has 1 heteroatoms. The first-order valence-corrected chi connectivity index (χ1v) is 13.3. The fourth-order valence-corrected chi connectivity index (χ4v) is 5.75. The molecule has 1 aromatic heterocycles. The highest BCUT2D eigenvalue weighted by Crippen LogP contribution is 2.42. The Balaban J connectivity index is 1.70. The fourth-order valence-electron chi connectivity index (χ4n) is 5.75. The second kappa shape index (κ2) is 13.0. The van der Waals surface area contributed by atoms with Crippen molar-refractivity contribution >= 4 is 0 Å². The summed E-state index contributed by atoms with van der Waals surface area (Å²) in [6.45, 7) is 7.08. The van der Waals surface area contributed by atoms with Crippen molar-refractivity contribution in [2.24, 2.45) is 11.8 Å². The van der Waals surface area contributed by atoms with Crippen molar-refractivity contribution in [3.8, 4) is 11.1 Å². The fraction of sp³-hybridized carbons (Fsp3) is 0.633. The highest BCUT2D eigenvalue weighted by Gasteiger charge is 2.27. The lowest BCUT2D eigenvalue weighted by Crippen LogP contribution is -2.19. The van der Waals surface area contributed by atoms with Crippen LogP contribution in [0.1, 0.15) is 115 Å². The van der Waals surface area contributed by atoms with Crippen LogP contribution in [0.3, 0.4) is 0 Å². The minimum atomic E-state index is 0.591. The summed E-state index contributed by atoms with van der Waals surface area (Å²) in [7, 11) is 0. The molecule has 31 heavy (non-hydrogen) atoms. The molecule has 0 N–H and O–H groups in total. The first-order valence-electron chi connectivity index (χ1n) is 13.3. The molecule has 3 rings (SSSR count). The van der Waals surface area contributed by atoms with Crippen molar-refractivity contribution in [2.45, 2.75) is 110 Å². The maximum absolute atomic E-state index is 4.56. The molecular weight excluding hydrogens is 374 g/mol. The largest absolute Gasteiger partial charge is 0.264 e. The smallest absolute Gasteiger partial charge is 0.0308 e. The van der Waals surface area contributed by atoms with E-state index in [4.69, 9.17) is 0 Å². The third-order valence-corrected chi connectivity index (χ3v) is 7.75. The van der Waals surface area contributed by atoms with Crippen molar-refractivity contribution in [1.82, 2.24) is 4.98 Å². The third kappa shape index (κ3) is 6.93. The van der Waals surface area contributed by atoms with Gasteiger partial charge in [0.25, 0.3) is 0 Å². The van der Waals surface area contributed by atoms with Gasteiger partial charge in [0, 0.05) is 12.4 Å². The van der Waals surface area contributed by atoms with E-state index in [1.165, 1.54) is 106 Å². The lowest BCUT2D eigenvalue weighted by Gasteiger charge is -2.33. The summed E-state index contributed by atoms with van der Waals surface area (Å²) < 4.78 is 0. The Hall–Kier alpha value is -1.63. The molecule has 1 atom stereocenters. The minimum absolute atomic E-state index is 0.591. The Morgan fingerprint density at radius 3 is 2.35 bits per heavy atom. The van der Waals surface area contributed by atoms with E-state index in [2.05, 4.69) is 62.3 Å². The zero-order valence-electron chi connectivity index (χ0n) is 20.4. The Kier molecular flexibility index (Phi) is 10.1. The number of benzene rings is 1. The molecule has 1 aromatic carbocycles. The summed E-state index contributed by atoms with van der Waals surface area (Å²) >= 11 is 0. The van der Waals surface area contributed by atoms with Crippen LogP contribution in [-0.2, 0) is 6.42 Å². The van der Waals surface area contributed by atoms with E-state index in [0.717, 1.165) is 11.8 Å². The van der Waals surface area contributed by atoms with Crippen LogP contribution < -0.4 is 0 Å². The number of nitrogens with zero attached hydrogens (tertiary/aromatic N) is 1. The zero-order valence-corrected chi connectivity index (χ0v) is 20.4. The van der Waals surface area contributed by atoms with Gasteiger partial charge in [0.05, 0.1) is 0 Å². The van der Waals surface area contributed by atoms with Crippen LogP contribution in [0.15, 0.2) is 42.7 Å². The van der Waals surface area contributed by atoms with E-state index < -0.39 is 0 Å². The standard InChI is InChI=1S/C30H45N/c1-4-6-7-8-9-10-14-27-15-11-12-16-28(27)29-21-22-31-23-30(29)24(3)26-19-17-25(13-5-2)18-20-26/h11-12,15-16,21-26H,4-10,13-14,17-20H2,1-3H3. The Morgan fingerprint density at radius 1 is 0.839 bits per heavy atom. The second-order valence-corrected chi connectivity index (χ2v) is 10.00. The molecule has 1 nitrogen and oxygen atoms in total. The monoisotopic (exact) mass is 419 g/mol. The van der Waals surface area contributed by atoms with E-state index in [0.29, 0.717) is 5.92 Å². The van der Waals surface area contributed by atoms with Gasteiger partial charge in [-0.3, -0.25) is 4.98 Å². The van der Waals surface area contributed by atoms with Gasteiger partial charge in [-0.25, -0.2) is 0 Å². The molecule has 1 unspecified atom stereocenters. The van der Waals surface area contributed by atoms with E-state index in [1.807, 2.05) is 6.20 Å². The van der Waals surface area contributed by atoms with Crippen LogP contribution in [0.2, 0.25) is 0 Å². The number of unbranched alkanes of at least 4 members (excludes halogenated alkanes) is 5. The summed E-state index contributed by atoms with van der Waals surface area (Å²) in [5.74, 6) is 2.37. The van der Waals surface area contributed by atoms with Gasteiger partial charge in [0.1, 0.15) is 0 Å². The average molecular weight is 420 g/mol. The van der Waals surface area contributed by atoms with Gasteiger partial charge in [0.15, 0.2) is 0 Å². The first-order chi connectivity index (χ1) is 15.2. The normalized spacial score (nSPS) is 20.0. The van der Waals surface area contributed by atoms with Gasteiger partial charge >= 0.3 is 0 Å². The van der Waals surface area contributed by atoms with Crippen molar-refractivity contribution in [1.29, 1.82) is 0 Å². The molecular formula is C30H45N. The van der Waals surface area contributed by atoms with E-state index in [-0.39, 0.29) is 0 Å². The summed E-state index contributed by atoms with van der Waals surface area (Å²) in [6, 6.07) is 11.4. The molecule has 1 fully saturated rings. The maximum Gasteiger partial charge on any atom is 0.0308 e. The Morgan fingerprint density at radius 2 is 1.58 bits per heavy atom. The molecule has 1 saturated carbocycles. The molecule has 1 heterocycles. The van der Waals surface area contributed by atoms with Crippen molar-refractivity contribution in [3.63, 3.8) is 0 Å². The number of pyridine rings is 1. The SMILES string of the molecule is CCCCCCCCc1ccccc1-c1ccncc1C(C)C1CCC(CCC)CC1. The molecule has 0 bridgehead atoms. The highest BCUT2D eigenvalue weighted by molar-refractivity contribution is 5.71. The van der Waals surface area contributed by atoms with Crippen molar-refractivity contribution in [3.05, 3.63) is 53.9 Å². The van der Waals surface area contributed by atoms with Crippen LogP contribution in [0.25, 0.3) is 11.1 Å². The van der Waals surface area contributed by atoms with Crippen LogP contribution in [-0.4, -0.2) is 4.98 Å². The van der Waals surface area contributed by atoms with Gasteiger partial charge in [-0.1, -0.05) is 103 Å². The molecule has 0 spiro atoms. The number of aromatic nitrogens is 1. The molecule has 0 saturated heterocycles. The van der Waals surface area contributed by atoms with Crippen LogP contribution in [0, 0.1) is 11.8 Å². The van der Waals surface area contributed by atoms with E-state index in [1.54, 1.807) is 0 Å². The topological polar surface area (TPSA) is 12.9 Å². The summed E-state index contributed by atoms with van der Waals surface area (Å²) in [4.78, 5) is 4.56. The quantitative estimate of drug-likeness (QED) is 0.312. The predicted molar refractivity (Wildman–Crippen MR) is 136 cm³/mol. The molecule has 0 radical (unpaired) electrons. The Bertz CT molecular complexity index is 757. The molecule has 1 aliphatic rings. The summed E-state index contributed by atoms with van der Waals surface area (Å²) in [5, 5.41) is 0.